The molecule has 0 heterocycles. The van der Waals surface area contributed by atoms with E-state index >= 15 is 0 Å². The quantitative estimate of drug-likeness (QED) is 0.144. The lowest BCUT2D eigenvalue weighted by Crippen LogP contribution is -2.33. The van der Waals surface area contributed by atoms with Crippen LogP contribution in [0.3, 0.4) is 0 Å². The Balaban J connectivity index is 1.19. The zero-order valence-electron chi connectivity index (χ0n) is 38.2. The van der Waals surface area contributed by atoms with Gasteiger partial charge in [-0.05, 0) is 143 Å². The van der Waals surface area contributed by atoms with Crippen LogP contribution < -0.4 is 4.90 Å². The van der Waals surface area contributed by atoms with Crippen molar-refractivity contribution in [1.82, 2.24) is 0 Å². The van der Waals surface area contributed by atoms with Gasteiger partial charge in [0.05, 0.1) is 11.1 Å². The summed E-state index contributed by atoms with van der Waals surface area (Å²) in [7, 11) is 0. The number of hydrogen-bond donors (Lipinski definition) is 0. The van der Waals surface area contributed by atoms with Gasteiger partial charge < -0.3 is 4.90 Å². The Kier molecular flexibility index (Phi) is 9.30. The van der Waals surface area contributed by atoms with Crippen molar-refractivity contribution in [2.24, 2.45) is 0 Å². The monoisotopic (exact) mass is 847 g/mol. The predicted molar refractivity (Wildman–Crippen MR) is 280 cm³/mol. The Morgan fingerprint density at radius 1 is 0.333 bits per heavy atom. The zero-order chi connectivity index (χ0) is 44.6. The highest BCUT2D eigenvalue weighted by molar-refractivity contribution is 6.09. The molecule has 66 heavy (non-hydrogen) atoms. The van der Waals surface area contributed by atoms with Gasteiger partial charge >= 0.3 is 0 Å². The molecule has 1 heteroatoms. The fourth-order valence-electron chi connectivity index (χ4n) is 11.6. The van der Waals surface area contributed by atoms with Gasteiger partial charge in [-0.2, -0.15) is 0 Å². The number of benzene rings is 10. The molecule has 0 unspecified atom stereocenters. The van der Waals surface area contributed by atoms with Gasteiger partial charge in [0.2, 0.25) is 0 Å². The molecule has 0 amide bonds. The van der Waals surface area contributed by atoms with Crippen LogP contribution in [0, 0.1) is 0 Å². The van der Waals surface area contributed by atoms with Gasteiger partial charge in [0.1, 0.15) is 0 Å². The van der Waals surface area contributed by atoms with Crippen LogP contribution in [0.1, 0.15) is 73.9 Å². The Bertz CT molecular complexity index is 3410. The summed E-state index contributed by atoms with van der Waals surface area (Å²) in [6, 6.07) is 84.4. The van der Waals surface area contributed by atoms with Crippen molar-refractivity contribution < 1.29 is 0 Å². The van der Waals surface area contributed by atoms with Crippen LogP contribution in [0.15, 0.2) is 224 Å². The molecule has 318 valence electrons. The first kappa shape index (κ1) is 40.1. The molecular weight excluding hydrogens is 795 g/mol. The summed E-state index contributed by atoms with van der Waals surface area (Å²) in [5.74, 6) is 0. The maximum Gasteiger partial charge on any atom is 0.0714 e. The minimum absolute atomic E-state index is 0.0498. The molecule has 0 spiro atoms. The number of anilines is 3. The summed E-state index contributed by atoms with van der Waals surface area (Å²) in [6.45, 7) is 9.74. The standard InChI is InChI=1S/C65H53N/c1-63(2)38-39-64(3,4)61-41-48(32-37-59(61)63)56-42-57-55-26-16-17-27-58(55)65(49-21-10-6-11-22-49,50-23-12-7-13-24-50)60(57)43-62(56)66(51-33-30-45(31-34-51)44-18-8-5-9-19-44)52-35-36-54-47(40-52)29-28-46-20-14-15-25-53(46)54/h5-37,40-43H,38-39H2,1-4H3. The fourth-order valence-corrected chi connectivity index (χ4v) is 11.6. The van der Waals surface area contributed by atoms with E-state index in [-0.39, 0.29) is 10.8 Å². The molecule has 0 atom stereocenters. The molecule has 10 aromatic carbocycles. The van der Waals surface area contributed by atoms with Crippen LogP contribution in [0.4, 0.5) is 17.1 Å². The van der Waals surface area contributed by atoms with E-state index in [9.17, 15) is 0 Å². The molecule has 0 fully saturated rings. The van der Waals surface area contributed by atoms with Gasteiger partial charge in [-0.25, -0.2) is 0 Å². The molecule has 0 saturated carbocycles. The van der Waals surface area contributed by atoms with Crippen LogP contribution in [0.2, 0.25) is 0 Å². The average Bonchev–Trinajstić information content (AvgIpc) is 3.66. The molecule has 0 aromatic heterocycles. The molecular formula is C65H53N. The molecule has 0 saturated heterocycles. The van der Waals surface area contributed by atoms with Gasteiger partial charge in [-0.1, -0.05) is 216 Å². The summed E-state index contributed by atoms with van der Waals surface area (Å²) in [5.41, 5.74) is 18.4. The van der Waals surface area contributed by atoms with Crippen LogP contribution in [0.25, 0.3) is 54.9 Å². The summed E-state index contributed by atoms with van der Waals surface area (Å²) < 4.78 is 0. The smallest absolute Gasteiger partial charge is 0.0714 e. The first-order chi connectivity index (χ1) is 32.2. The molecule has 1 nitrogen and oxygen atoms in total. The summed E-state index contributed by atoms with van der Waals surface area (Å²) in [6.07, 6.45) is 2.33. The first-order valence-corrected chi connectivity index (χ1v) is 23.6. The van der Waals surface area contributed by atoms with E-state index in [0.29, 0.717) is 0 Å². The number of nitrogens with zero attached hydrogens (tertiary/aromatic N) is 1. The lowest BCUT2D eigenvalue weighted by Gasteiger charge is -2.42. The topological polar surface area (TPSA) is 3.24 Å². The summed E-state index contributed by atoms with van der Waals surface area (Å²) in [5, 5.41) is 5.00. The number of fused-ring (bicyclic) bond motifs is 7. The highest BCUT2D eigenvalue weighted by Gasteiger charge is 2.47. The average molecular weight is 848 g/mol. The minimum atomic E-state index is -0.561. The van der Waals surface area contributed by atoms with Crippen LogP contribution in [-0.2, 0) is 16.2 Å². The lowest BCUT2D eigenvalue weighted by atomic mass is 9.63. The van der Waals surface area contributed by atoms with Crippen molar-refractivity contribution in [2.75, 3.05) is 4.90 Å². The molecule has 12 rings (SSSR count). The fraction of sp³-hybridized carbons (Fsp3) is 0.138. The molecule has 0 aliphatic heterocycles. The van der Waals surface area contributed by atoms with Crippen molar-refractivity contribution in [1.29, 1.82) is 0 Å². The molecule has 0 N–H and O–H groups in total. The largest absolute Gasteiger partial charge is 0.310 e. The molecule has 2 aliphatic carbocycles. The van der Waals surface area contributed by atoms with Crippen LogP contribution in [0.5, 0.6) is 0 Å². The van der Waals surface area contributed by atoms with Gasteiger partial charge in [-0.15, -0.1) is 0 Å². The second kappa shape index (κ2) is 15.3. The van der Waals surface area contributed by atoms with Crippen molar-refractivity contribution in [3.8, 4) is 33.4 Å². The van der Waals surface area contributed by atoms with Crippen molar-refractivity contribution in [2.45, 2.75) is 56.8 Å². The second-order valence-electron chi connectivity index (χ2n) is 19.9. The van der Waals surface area contributed by atoms with E-state index in [1.165, 1.54) is 94.7 Å². The highest BCUT2D eigenvalue weighted by atomic mass is 15.1. The van der Waals surface area contributed by atoms with E-state index in [1.54, 1.807) is 0 Å². The van der Waals surface area contributed by atoms with E-state index in [2.05, 4.69) is 257 Å². The molecule has 2 aliphatic rings. The van der Waals surface area contributed by atoms with Gasteiger partial charge in [-0.3, -0.25) is 0 Å². The molecule has 0 bridgehead atoms. The Morgan fingerprint density at radius 2 is 0.894 bits per heavy atom. The maximum absolute atomic E-state index is 2.56. The summed E-state index contributed by atoms with van der Waals surface area (Å²) >= 11 is 0. The third-order valence-electron chi connectivity index (χ3n) is 15.2. The zero-order valence-corrected chi connectivity index (χ0v) is 38.2. The minimum Gasteiger partial charge on any atom is -0.310 e. The second-order valence-corrected chi connectivity index (χ2v) is 19.9. The molecule has 0 radical (unpaired) electrons. The number of hydrogen-bond acceptors (Lipinski definition) is 1. The van der Waals surface area contributed by atoms with E-state index in [1.807, 2.05) is 0 Å². The van der Waals surface area contributed by atoms with Gasteiger partial charge in [0.25, 0.3) is 0 Å². The first-order valence-electron chi connectivity index (χ1n) is 23.6. The van der Waals surface area contributed by atoms with Gasteiger partial charge in [0.15, 0.2) is 0 Å². The van der Waals surface area contributed by atoms with Crippen molar-refractivity contribution in [3.63, 3.8) is 0 Å². The number of rotatable bonds is 7. The van der Waals surface area contributed by atoms with Crippen LogP contribution >= 0.6 is 0 Å². The van der Waals surface area contributed by atoms with E-state index in [0.717, 1.165) is 23.5 Å². The predicted octanol–water partition coefficient (Wildman–Crippen LogP) is 17.5. The van der Waals surface area contributed by atoms with Gasteiger partial charge in [0, 0.05) is 16.9 Å². The molecule has 10 aromatic rings. The summed E-state index contributed by atoms with van der Waals surface area (Å²) in [4.78, 5) is 2.54. The lowest BCUT2D eigenvalue weighted by molar-refractivity contribution is 0.332. The highest BCUT2D eigenvalue weighted by Crippen LogP contribution is 2.59. The van der Waals surface area contributed by atoms with Crippen molar-refractivity contribution >= 4 is 38.6 Å². The van der Waals surface area contributed by atoms with E-state index < -0.39 is 5.41 Å². The SMILES string of the molecule is CC1(C)CCC(C)(C)c2cc(-c3cc4c(cc3N(c3ccc(-c5ccccc5)cc3)c3ccc5c(ccc6ccccc65)c3)C(c3ccccc3)(c3ccccc3)c3ccccc3-4)ccc21. The third kappa shape index (κ3) is 6.28. The maximum atomic E-state index is 2.56. The Hall–Kier alpha value is -7.48. The normalized spacial score (nSPS) is 15.2. The van der Waals surface area contributed by atoms with E-state index in [4.69, 9.17) is 0 Å². The third-order valence-corrected chi connectivity index (χ3v) is 15.2. The Labute approximate surface area is 389 Å². The van der Waals surface area contributed by atoms with Crippen LogP contribution in [-0.4, -0.2) is 0 Å². The Morgan fingerprint density at radius 3 is 1.62 bits per heavy atom. The van der Waals surface area contributed by atoms with Crippen molar-refractivity contribution in [3.05, 3.63) is 258 Å².